The molecule has 0 bridgehead atoms. The van der Waals surface area contributed by atoms with Crippen LogP contribution in [0.1, 0.15) is 24.1 Å². The Labute approximate surface area is 90.9 Å². The van der Waals surface area contributed by atoms with Gasteiger partial charge in [0, 0.05) is 30.2 Å². The molecular formula is C13H18N2. The summed E-state index contributed by atoms with van der Waals surface area (Å²) in [6.45, 7) is 4.33. The first-order valence-corrected chi connectivity index (χ1v) is 5.36. The lowest BCUT2D eigenvalue weighted by molar-refractivity contribution is 0.654. The molecule has 0 aliphatic heterocycles. The molecule has 2 heteroatoms. The van der Waals surface area contributed by atoms with Gasteiger partial charge in [0.1, 0.15) is 0 Å². The molecule has 2 rings (SSSR count). The number of aryl methyl sites for hydroxylation is 2. The number of rotatable bonds is 2. The predicted molar refractivity (Wildman–Crippen MR) is 65.1 cm³/mol. The van der Waals surface area contributed by atoms with Gasteiger partial charge in [-0.1, -0.05) is 11.6 Å². The third kappa shape index (κ3) is 1.65. The summed E-state index contributed by atoms with van der Waals surface area (Å²) in [5.41, 5.74) is 4.00. The molecule has 2 aromatic rings. The van der Waals surface area contributed by atoms with Crippen molar-refractivity contribution in [3.8, 4) is 0 Å². The Balaban J connectivity index is 2.69. The number of benzene rings is 1. The molecule has 0 amide bonds. The van der Waals surface area contributed by atoms with Crippen LogP contribution >= 0.6 is 0 Å². The van der Waals surface area contributed by atoms with E-state index in [1.54, 1.807) is 0 Å². The summed E-state index contributed by atoms with van der Waals surface area (Å²) in [6.07, 6.45) is 2.21. The van der Waals surface area contributed by atoms with Gasteiger partial charge >= 0.3 is 0 Å². The van der Waals surface area contributed by atoms with Crippen molar-refractivity contribution in [1.82, 2.24) is 9.88 Å². The standard InChI is InChI=1S/C13H18N2/c1-9-5-6-13-11(7-9)12(8-15(13)4)10(2)14-3/h5-8,10,14H,1-4H3. The van der Waals surface area contributed by atoms with Crippen LogP contribution in [0.15, 0.2) is 24.4 Å². The Bertz CT molecular complexity index is 482. The van der Waals surface area contributed by atoms with Gasteiger partial charge in [-0.15, -0.1) is 0 Å². The van der Waals surface area contributed by atoms with E-state index in [1.807, 2.05) is 7.05 Å². The van der Waals surface area contributed by atoms with Gasteiger partial charge in [0.25, 0.3) is 0 Å². The SMILES string of the molecule is CNC(C)c1cn(C)c2ccc(C)cc12. The van der Waals surface area contributed by atoms with Crippen molar-refractivity contribution in [3.05, 3.63) is 35.5 Å². The lowest BCUT2D eigenvalue weighted by Crippen LogP contribution is -2.11. The fraction of sp³-hybridized carbons (Fsp3) is 0.385. The molecule has 2 nitrogen and oxygen atoms in total. The minimum atomic E-state index is 0.399. The van der Waals surface area contributed by atoms with Gasteiger partial charge in [0.05, 0.1) is 0 Å². The molecule has 1 N–H and O–H groups in total. The first-order valence-electron chi connectivity index (χ1n) is 5.36. The molecule has 0 fully saturated rings. The third-order valence-corrected chi connectivity index (χ3v) is 3.08. The van der Waals surface area contributed by atoms with Gasteiger partial charge in [0.2, 0.25) is 0 Å². The van der Waals surface area contributed by atoms with Crippen LogP contribution in [0.2, 0.25) is 0 Å². The van der Waals surface area contributed by atoms with E-state index in [4.69, 9.17) is 0 Å². The molecule has 1 aromatic carbocycles. The Hall–Kier alpha value is -1.28. The maximum absolute atomic E-state index is 3.29. The zero-order chi connectivity index (χ0) is 11.0. The molecule has 1 atom stereocenters. The second kappa shape index (κ2) is 3.70. The number of aromatic nitrogens is 1. The van der Waals surface area contributed by atoms with Crippen molar-refractivity contribution >= 4 is 10.9 Å². The van der Waals surface area contributed by atoms with Crippen LogP contribution < -0.4 is 5.32 Å². The Morgan fingerprint density at radius 3 is 2.73 bits per heavy atom. The molecule has 0 spiro atoms. The molecule has 80 valence electrons. The van der Waals surface area contributed by atoms with Crippen LogP contribution in [-0.4, -0.2) is 11.6 Å². The highest BCUT2D eigenvalue weighted by Crippen LogP contribution is 2.26. The zero-order valence-electron chi connectivity index (χ0n) is 9.83. The van der Waals surface area contributed by atoms with E-state index in [2.05, 4.69) is 55.2 Å². The average Bonchev–Trinajstić information content (AvgIpc) is 2.54. The fourth-order valence-corrected chi connectivity index (χ4v) is 2.04. The number of fused-ring (bicyclic) bond motifs is 1. The molecule has 1 heterocycles. The summed E-state index contributed by atoms with van der Waals surface area (Å²) in [7, 11) is 4.10. The monoisotopic (exact) mass is 202 g/mol. The number of hydrogen-bond donors (Lipinski definition) is 1. The summed E-state index contributed by atoms with van der Waals surface area (Å²) in [5, 5.41) is 4.65. The van der Waals surface area contributed by atoms with E-state index >= 15 is 0 Å². The molecule has 0 aliphatic rings. The third-order valence-electron chi connectivity index (χ3n) is 3.08. The van der Waals surface area contributed by atoms with Gasteiger partial charge in [-0.05, 0) is 38.6 Å². The molecule has 1 unspecified atom stereocenters. The van der Waals surface area contributed by atoms with Crippen molar-refractivity contribution < 1.29 is 0 Å². The van der Waals surface area contributed by atoms with Gasteiger partial charge in [-0.3, -0.25) is 0 Å². The van der Waals surface area contributed by atoms with E-state index in [-0.39, 0.29) is 0 Å². The van der Waals surface area contributed by atoms with Crippen molar-refractivity contribution in [3.63, 3.8) is 0 Å². The number of nitrogens with zero attached hydrogens (tertiary/aromatic N) is 1. The molecule has 0 saturated heterocycles. The van der Waals surface area contributed by atoms with Crippen molar-refractivity contribution in [2.45, 2.75) is 19.9 Å². The highest BCUT2D eigenvalue weighted by atomic mass is 14.9. The van der Waals surface area contributed by atoms with Crippen LogP contribution in [0.4, 0.5) is 0 Å². The number of nitrogens with one attached hydrogen (secondary N) is 1. The lowest BCUT2D eigenvalue weighted by atomic mass is 10.1. The number of hydrogen-bond acceptors (Lipinski definition) is 1. The first kappa shape index (κ1) is 10.2. The molecule has 0 aliphatic carbocycles. The molecule has 1 aromatic heterocycles. The van der Waals surface area contributed by atoms with Crippen molar-refractivity contribution in [1.29, 1.82) is 0 Å². The lowest BCUT2D eigenvalue weighted by Gasteiger charge is -2.08. The smallest absolute Gasteiger partial charge is 0.0481 e. The van der Waals surface area contributed by atoms with E-state index in [9.17, 15) is 0 Å². The summed E-state index contributed by atoms with van der Waals surface area (Å²) >= 11 is 0. The summed E-state index contributed by atoms with van der Waals surface area (Å²) in [5.74, 6) is 0. The fourth-order valence-electron chi connectivity index (χ4n) is 2.04. The van der Waals surface area contributed by atoms with Crippen LogP contribution in [0.3, 0.4) is 0 Å². The Kier molecular flexibility index (Phi) is 2.53. The highest BCUT2D eigenvalue weighted by molar-refractivity contribution is 5.85. The second-order valence-corrected chi connectivity index (χ2v) is 4.23. The highest BCUT2D eigenvalue weighted by Gasteiger charge is 2.11. The van der Waals surface area contributed by atoms with Crippen LogP contribution in [0.5, 0.6) is 0 Å². The molecular weight excluding hydrogens is 184 g/mol. The van der Waals surface area contributed by atoms with E-state index in [1.165, 1.54) is 22.0 Å². The largest absolute Gasteiger partial charge is 0.350 e. The Morgan fingerprint density at radius 1 is 1.33 bits per heavy atom. The van der Waals surface area contributed by atoms with Crippen LogP contribution in [0, 0.1) is 6.92 Å². The quantitative estimate of drug-likeness (QED) is 0.792. The van der Waals surface area contributed by atoms with Crippen molar-refractivity contribution in [2.75, 3.05) is 7.05 Å². The average molecular weight is 202 g/mol. The molecule has 0 saturated carbocycles. The van der Waals surface area contributed by atoms with E-state index < -0.39 is 0 Å². The van der Waals surface area contributed by atoms with Gasteiger partial charge in [-0.2, -0.15) is 0 Å². The Morgan fingerprint density at radius 2 is 2.07 bits per heavy atom. The normalized spacial score (nSPS) is 13.3. The van der Waals surface area contributed by atoms with Gasteiger partial charge < -0.3 is 9.88 Å². The van der Waals surface area contributed by atoms with Crippen LogP contribution in [-0.2, 0) is 7.05 Å². The predicted octanol–water partition coefficient (Wildman–Crippen LogP) is 2.77. The van der Waals surface area contributed by atoms with Gasteiger partial charge in [-0.25, -0.2) is 0 Å². The maximum atomic E-state index is 3.29. The zero-order valence-corrected chi connectivity index (χ0v) is 9.83. The minimum absolute atomic E-state index is 0.399. The van der Waals surface area contributed by atoms with E-state index in [0.29, 0.717) is 6.04 Å². The van der Waals surface area contributed by atoms with E-state index in [0.717, 1.165) is 0 Å². The maximum Gasteiger partial charge on any atom is 0.0481 e. The topological polar surface area (TPSA) is 17.0 Å². The summed E-state index contributed by atoms with van der Waals surface area (Å²) in [6, 6.07) is 7.01. The summed E-state index contributed by atoms with van der Waals surface area (Å²) < 4.78 is 2.19. The second-order valence-electron chi connectivity index (χ2n) is 4.23. The molecule has 0 radical (unpaired) electrons. The molecule has 15 heavy (non-hydrogen) atoms. The summed E-state index contributed by atoms with van der Waals surface area (Å²) in [4.78, 5) is 0. The van der Waals surface area contributed by atoms with Crippen LogP contribution in [0.25, 0.3) is 10.9 Å². The minimum Gasteiger partial charge on any atom is -0.350 e. The first-order chi connectivity index (χ1) is 7.13. The van der Waals surface area contributed by atoms with Crippen molar-refractivity contribution in [2.24, 2.45) is 7.05 Å². The van der Waals surface area contributed by atoms with Gasteiger partial charge in [0.15, 0.2) is 0 Å².